The minimum absolute atomic E-state index is 0.0542. The highest BCUT2D eigenvalue weighted by Gasteiger charge is 2.36. The number of carbonyl (C=O) groups is 2. The molecule has 1 heterocycles. The van der Waals surface area contributed by atoms with Crippen molar-refractivity contribution < 1.29 is 23.1 Å². The molecule has 8 heteroatoms. The third-order valence-electron chi connectivity index (χ3n) is 5.92. The number of alkyl halides is 2. The molecule has 1 unspecified atom stereocenters. The lowest BCUT2D eigenvalue weighted by molar-refractivity contribution is -0.138. The zero-order chi connectivity index (χ0) is 23.3. The number of hydrogen-bond donors (Lipinski definition) is 1. The van der Waals surface area contributed by atoms with Gasteiger partial charge in [-0.1, -0.05) is 42.5 Å². The quantitative estimate of drug-likeness (QED) is 0.706. The lowest BCUT2D eigenvalue weighted by Crippen LogP contribution is -2.56. The van der Waals surface area contributed by atoms with Gasteiger partial charge in [-0.05, 0) is 38.5 Å². The van der Waals surface area contributed by atoms with Crippen molar-refractivity contribution in [2.24, 2.45) is 0 Å². The second-order valence-corrected chi connectivity index (χ2v) is 8.36. The first-order chi connectivity index (χ1) is 15.2. The molecule has 32 heavy (non-hydrogen) atoms. The fourth-order valence-corrected chi connectivity index (χ4v) is 3.86. The minimum atomic E-state index is -2.98. The van der Waals surface area contributed by atoms with Crippen LogP contribution in [0.15, 0.2) is 54.6 Å². The average molecular weight is 446 g/mol. The molecule has 1 atom stereocenters. The predicted molar refractivity (Wildman–Crippen MR) is 119 cm³/mol. The normalized spacial score (nSPS) is 16.0. The van der Waals surface area contributed by atoms with Crippen molar-refractivity contribution in [3.8, 4) is 5.75 Å². The van der Waals surface area contributed by atoms with Crippen LogP contribution in [0.1, 0.15) is 26.3 Å². The molecule has 2 aromatic rings. The summed E-state index contributed by atoms with van der Waals surface area (Å²) >= 11 is 0. The van der Waals surface area contributed by atoms with Gasteiger partial charge < -0.3 is 15.0 Å². The van der Waals surface area contributed by atoms with Crippen molar-refractivity contribution in [2.45, 2.75) is 38.8 Å². The number of rotatable bonds is 7. The fraction of sp³-hybridized carbons (Fsp3) is 0.417. The molecule has 2 amide bonds. The van der Waals surface area contributed by atoms with Gasteiger partial charge in [-0.15, -0.1) is 0 Å². The van der Waals surface area contributed by atoms with E-state index in [1.54, 1.807) is 19.1 Å². The van der Waals surface area contributed by atoms with Gasteiger partial charge >= 0.3 is 6.61 Å². The van der Waals surface area contributed by atoms with Gasteiger partial charge in [-0.3, -0.25) is 14.5 Å². The molecule has 172 valence electrons. The number of ether oxygens (including phenoxy) is 1. The molecule has 1 saturated heterocycles. The smallest absolute Gasteiger partial charge is 0.387 e. The van der Waals surface area contributed by atoms with Gasteiger partial charge in [0.25, 0.3) is 0 Å². The first kappa shape index (κ1) is 23.7. The van der Waals surface area contributed by atoms with Crippen molar-refractivity contribution in [1.82, 2.24) is 9.80 Å². The van der Waals surface area contributed by atoms with Crippen LogP contribution in [0, 0.1) is 0 Å². The summed E-state index contributed by atoms with van der Waals surface area (Å²) in [6, 6.07) is 15.3. The molecule has 3 rings (SSSR count). The van der Waals surface area contributed by atoms with Gasteiger partial charge in [0.1, 0.15) is 5.75 Å². The highest BCUT2D eigenvalue weighted by atomic mass is 19.3. The van der Waals surface area contributed by atoms with Gasteiger partial charge in [0.2, 0.25) is 11.8 Å². The zero-order valence-electron chi connectivity index (χ0n) is 18.6. The van der Waals surface area contributed by atoms with Crippen molar-refractivity contribution >= 4 is 17.5 Å². The Hall–Kier alpha value is -3.00. The molecule has 0 aromatic heterocycles. The van der Waals surface area contributed by atoms with E-state index in [1.165, 1.54) is 12.1 Å². The summed E-state index contributed by atoms with van der Waals surface area (Å²) in [5.41, 5.74) is 0.522. The summed E-state index contributed by atoms with van der Waals surface area (Å²) in [5, 5.41) is 2.67. The van der Waals surface area contributed by atoms with Crippen molar-refractivity contribution in [1.29, 1.82) is 0 Å². The monoisotopic (exact) mass is 445 g/mol. The van der Waals surface area contributed by atoms with Gasteiger partial charge in [-0.2, -0.15) is 8.78 Å². The van der Waals surface area contributed by atoms with Crippen LogP contribution in [0.2, 0.25) is 0 Å². The fourth-order valence-electron chi connectivity index (χ4n) is 3.86. The molecule has 0 saturated carbocycles. The standard InChI is InChI=1S/C24H29F2N3O3/c1-17(21(30)27-19-11-7-8-12-20(19)32-23(25)26)28-13-15-29(16-14-28)22(31)24(2,3)18-9-5-4-6-10-18/h4-12,17,23H,13-16H2,1-3H3,(H,27,30). The molecule has 0 bridgehead atoms. The number of para-hydroxylation sites is 2. The lowest BCUT2D eigenvalue weighted by Gasteiger charge is -2.40. The van der Waals surface area contributed by atoms with Crippen LogP contribution in [0.4, 0.5) is 14.5 Å². The Morgan fingerprint density at radius 3 is 2.19 bits per heavy atom. The van der Waals surface area contributed by atoms with Crippen LogP contribution < -0.4 is 10.1 Å². The van der Waals surface area contributed by atoms with Crippen LogP contribution in [0.25, 0.3) is 0 Å². The molecule has 0 radical (unpaired) electrons. The predicted octanol–water partition coefficient (Wildman–Crippen LogP) is 3.74. The van der Waals surface area contributed by atoms with E-state index >= 15 is 0 Å². The van der Waals surface area contributed by atoms with E-state index in [1.807, 2.05) is 54.0 Å². The number of piperazine rings is 1. The van der Waals surface area contributed by atoms with E-state index in [0.29, 0.717) is 26.2 Å². The van der Waals surface area contributed by atoms with Crippen molar-refractivity contribution in [3.05, 3.63) is 60.2 Å². The average Bonchev–Trinajstić information content (AvgIpc) is 2.79. The van der Waals surface area contributed by atoms with E-state index in [4.69, 9.17) is 0 Å². The summed E-state index contributed by atoms with van der Waals surface area (Å²) in [4.78, 5) is 29.7. The van der Waals surface area contributed by atoms with Gasteiger partial charge in [0.15, 0.2) is 0 Å². The lowest BCUT2D eigenvalue weighted by atomic mass is 9.83. The van der Waals surface area contributed by atoms with Crippen LogP contribution in [0.3, 0.4) is 0 Å². The molecule has 0 aliphatic carbocycles. The van der Waals surface area contributed by atoms with E-state index in [2.05, 4.69) is 10.1 Å². The molecule has 2 aromatic carbocycles. The highest BCUT2D eigenvalue weighted by Crippen LogP contribution is 2.27. The number of anilines is 1. The molecule has 0 spiro atoms. The maximum Gasteiger partial charge on any atom is 0.387 e. The van der Waals surface area contributed by atoms with Crippen molar-refractivity contribution in [3.63, 3.8) is 0 Å². The Morgan fingerprint density at radius 2 is 1.56 bits per heavy atom. The Morgan fingerprint density at radius 1 is 0.969 bits per heavy atom. The third-order valence-corrected chi connectivity index (χ3v) is 5.92. The maximum atomic E-state index is 13.2. The summed E-state index contributed by atoms with van der Waals surface area (Å²) in [6.07, 6.45) is 0. The van der Waals surface area contributed by atoms with Crippen LogP contribution in [0.5, 0.6) is 5.75 Å². The van der Waals surface area contributed by atoms with Gasteiger partial charge in [-0.25, -0.2) is 0 Å². The SMILES string of the molecule is CC(C(=O)Nc1ccccc1OC(F)F)N1CCN(C(=O)C(C)(C)c2ccccc2)CC1. The minimum Gasteiger partial charge on any atom is -0.433 e. The largest absolute Gasteiger partial charge is 0.433 e. The Kier molecular flexibility index (Phi) is 7.45. The second-order valence-electron chi connectivity index (χ2n) is 8.36. The number of nitrogens with zero attached hydrogens (tertiary/aromatic N) is 2. The molecule has 1 aliphatic heterocycles. The van der Waals surface area contributed by atoms with E-state index in [0.717, 1.165) is 5.56 Å². The zero-order valence-corrected chi connectivity index (χ0v) is 18.6. The molecule has 1 aliphatic rings. The summed E-state index contributed by atoms with van der Waals surface area (Å²) in [7, 11) is 0. The number of amides is 2. The first-order valence-electron chi connectivity index (χ1n) is 10.6. The van der Waals surface area contributed by atoms with Gasteiger partial charge in [0, 0.05) is 26.2 Å². The molecule has 6 nitrogen and oxygen atoms in total. The number of benzene rings is 2. The van der Waals surface area contributed by atoms with E-state index < -0.39 is 18.1 Å². The second kappa shape index (κ2) is 10.1. The Labute approximate surface area is 187 Å². The highest BCUT2D eigenvalue weighted by molar-refractivity contribution is 5.96. The molecule has 1 fully saturated rings. The topological polar surface area (TPSA) is 61.9 Å². The number of nitrogens with one attached hydrogen (secondary N) is 1. The third kappa shape index (κ3) is 5.43. The number of halogens is 2. The van der Waals surface area contributed by atoms with Crippen LogP contribution in [-0.4, -0.2) is 60.4 Å². The number of carbonyl (C=O) groups excluding carboxylic acids is 2. The van der Waals surface area contributed by atoms with E-state index in [-0.39, 0.29) is 23.3 Å². The summed E-state index contributed by atoms with van der Waals surface area (Å²) in [5.74, 6) is -0.347. The van der Waals surface area contributed by atoms with Gasteiger partial charge in [0.05, 0.1) is 17.1 Å². The first-order valence-corrected chi connectivity index (χ1v) is 10.6. The maximum absolute atomic E-state index is 13.2. The molecular weight excluding hydrogens is 416 g/mol. The molecule has 1 N–H and O–H groups in total. The number of hydrogen-bond acceptors (Lipinski definition) is 4. The summed E-state index contributed by atoms with van der Waals surface area (Å²) in [6.45, 7) is 4.74. The summed E-state index contributed by atoms with van der Waals surface area (Å²) < 4.78 is 29.7. The molecular formula is C24H29F2N3O3. The van der Waals surface area contributed by atoms with Crippen LogP contribution in [-0.2, 0) is 15.0 Å². The van der Waals surface area contributed by atoms with Crippen molar-refractivity contribution in [2.75, 3.05) is 31.5 Å². The Bertz CT molecular complexity index is 929. The Balaban J connectivity index is 1.58. The van der Waals surface area contributed by atoms with E-state index in [9.17, 15) is 18.4 Å². The van der Waals surface area contributed by atoms with Crippen LogP contribution >= 0.6 is 0 Å².